The molecule has 1 rings (SSSR count). The third-order valence-corrected chi connectivity index (χ3v) is 4.47. The number of nitrogens with one attached hydrogen (secondary N) is 1. The number of hydrogen-bond acceptors (Lipinski definition) is 4. The summed E-state index contributed by atoms with van der Waals surface area (Å²) < 4.78 is 0. The molecule has 2 unspecified atom stereocenters. The first kappa shape index (κ1) is 13.2. The van der Waals surface area contributed by atoms with E-state index < -0.39 is 5.60 Å². The van der Waals surface area contributed by atoms with Crippen molar-refractivity contribution >= 4 is 29.4 Å². The van der Waals surface area contributed by atoms with Crippen molar-refractivity contribution in [1.29, 1.82) is 0 Å². The predicted molar refractivity (Wildman–Crippen MR) is 67.4 cm³/mol. The Hall–Kier alpha value is 0.130. The van der Waals surface area contributed by atoms with Gasteiger partial charge in [0.1, 0.15) is 0 Å². The van der Waals surface area contributed by atoms with Gasteiger partial charge in [0.15, 0.2) is 0 Å². The highest BCUT2D eigenvalue weighted by Crippen LogP contribution is 2.23. The quantitative estimate of drug-likeness (QED) is 0.762. The zero-order valence-electron chi connectivity index (χ0n) is 9.28. The van der Waals surface area contributed by atoms with E-state index in [0.717, 1.165) is 17.9 Å². The van der Waals surface area contributed by atoms with Crippen molar-refractivity contribution in [3.63, 3.8) is 0 Å². The van der Waals surface area contributed by atoms with Crippen molar-refractivity contribution in [2.24, 2.45) is 5.92 Å². The van der Waals surface area contributed by atoms with Crippen molar-refractivity contribution < 1.29 is 9.90 Å². The van der Waals surface area contributed by atoms with E-state index in [1.54, 1.807) is 18.7 Å². The second-order valence-electron chi connectivity index (χ2n) is 4.21. The summed E-state index contributed by atoms with van der Waals surface area (Å²) in [6.07, 6.45) is 2.92. The van der Waals surface area contributed by atoms with Crippen molar-refractivity contribution in [3.05, 3.63) is 0 Å². The molecular formula is C10H19NO2S2. The number of thioether (sulfide) groups is 2. The Balaban J connectivity index is 2.26. The molecule has 1 fully saturated rings. The Morgan fingerprint density at radius 3 is 3.00 bits per heavy atom. The number of hydrogen-bond donors (Lipinski definition) is 2. The zero-order chi connectivity index (χ0) is 11.3. The van der Waals surface area contributed by atoms with E-state index in [4.69, 9.17) is 0 Å². The smallest absolute Gasteiger partial charge is 0.224 e. The molecule has 15 heavy (non-hydrogen) atoms. The lowest BCUT2D eigenvalue weighted by Crippen LogP contribution is -2.44. The van der Waals surface area contributed by atoms with Crippen LogP contribution in [0.15, 0.2) is 0 Å². The van der Waals surface area contributed by atoms with Crippen LogP contribution in [0.5, 0.6) is 0 Å². The van der Waals surface area contributed by atoms with Crippen LogP contribution in [0.2, 0.25) is 0 Å². The monoisotopic (exact) mass is 249 g/mol. The van der Waals surface area contributed by atoms with E-state index in [1.165, 1.54) is 0 Å². The lowest BCUT2D eigenvalue weighted by molar-refractivity contribution is -0.125. The average Bonchev–Trinajstić information content (AvgIpc) is 2.67. The number of rotatable bonds is 5. The van der Waals surface area contributed by atoms with Crippen LogP contribution in [0.3, 0.4) is 0 Å². The Morgan fingerprint density at radius 2 is 2.47 bits per heavy atom. The van der Waals surface area contributed by atoms with Crippen LogP contribution >= 0.6 is 23.5 Å². The van der Waals surface area contributed by atoms with E-state index in [1.807, 2.05) is 18.0 Å². The molecule has 0 aromatic heterocycles. The fourth-order valence-corrected chi connectivity index (χ4v) is 3.47. The van der Waals surface area contributed by atoms with E-state index in [9.17, 15) is 9.90 Å². The minimum Gasteiger partial charge on any atom is -0.387 e. The summed E-state index contributed by atoms with van der Waals surface area (Å²) >= 11 is 3.41. The molecule has 5 heteroatoms. The van der Waals surface area contributed by atoms with Gasteiger partial charge < -0.3 is 10.4 Å². The third kappa shape index (κ3) is 4.66. The van der Waals surface area contributed by atoms with Gasteiger partial charge in [-0.05, 0) is 25.4 Å². The lowest BCUT2D eigenvalue weighted by atomic mass is 10.1. The number of carbonyl (C=O) groups is 1. The van der Waals surface area contributed by atoms with Crippen LogP contribution in [0.25, 0.3) is 0 Å². The summed E-state index contributed by atoms with van der Waals surface area (Å²) in [4.78, 5) is 11.7. The molecule has 1 aliphatic rings. The summed E-state index contributed by atoms with van der Waals surface area (Å²) in [5, 5.41) is 12.7. The highest BCUT2D eigenvalue weighted by molar-refractivity contribution is 7.99. The molecule has 2 atom stereocenters. The fraction of sp³-hybridized carbons (Fsp3) is 0.900. The molecular weight excluding hydrogens is 230 g/mol. The van der Waals surface area contributed by atoms with Gasteiger partial charge in [-0.1, -0.05) is 0 Å². The maximum atomic E-state index is 11.7. The number of carbonyl (C=O) groups excluding carboxylic acids is 1. The fourth-order valence-electron chi connectivity index (χ4n) is 1.53. The molecule has 1 heterocycles. The normalized spacial score (nSPS) is 24.9. The molecule has 0 aliphatic carbocycles. The van der Waals surface area contributed by atoms with E-state index in [0.29, 0.717) is 12.3 Å². The molecule has 0 spiro atoms. The average molecular weight is 249 g/mol. The molecule has 0 aromatic carbocycles. The minimum atomic E-state index is -0.791. The summed E-state index contributed by atoms with van der Waals surface area (Å²) in [6.45, 7) is 2.11. The maximum absolute atomic E-state index is 11.7. The summed E-state index contributed by atoms with van der Waals surface area (Å²) in [5.74, 6) is 2.91. The van der Waals surface area contributed by atoms with Crippen molar-refractivity contribution in [2.75, 3.05) is 30.1 Å². The number of aliphatic hydroxyl groups is 1. The standard InChI is InChI=1S/C10H19NO2S2/c1-10(13,7-14-2)6-11-9(12)8-3-4-15-5-8/h8,13H,3-7H2,1-2H3,(H,11,12). The predicted octanol–water partition coefficient (Wildman–Crippen LogP) is 0.970. The Bertz CT molecular complexity index is 215. The van der Waals surface area contributed by atoms with Gasteiger partial charge in [0, 0.05) is 24.0 Å². The third-order valence-electron chi connectivity index (χ3n) is 2.40. The molecule has 1 amide bonds. The highest BCUT2D eigenvalue weighted by atomic mass is 32.2. The van der Waals surface area contributed by atoms with Crippen LogP contribution in [-0.2, 0) is 4.79 Å². The van der Waals surface area contributed by atoms with E-state index >= 15 is 0 Å². The highest BCUT2D eigenvalue weighted by Gasteiger charge is 2.26. The second kappa shape index (κ2) is 6.01. The van der Waals surface area contributed by atoms with Gasteiger partial charge in [-0.2, -0.15) is 23.5 Å². The van der Waals surface area contributed by atoms with Gasteiger partial charge in [0.2, 0.25) is 5.91 Å². The summed E-state index contributed by atoms with van der Waals surface area (Å²) in [5.41, 5.74) is -0.791. The molecule has 0 bridgehead atoms. The van der Waals surface area contributed by atoms with Gasteiger partial charge >= 0.3 is 0 Å². The molecule has 1 saturated heterocycles. The molecule has 0 saturated carbocycles. The lowest BCUT2D eigenvalue weighted by Gasteiger charge is -2.23. The Kier molecular flexibility index (Phi) is 5.29. The van der Waals surface area contributed by atoms with Crippen LogP contribution in [0.1, 0.15) is 13.3 Å². The Morgan fingerprint density at radius 1 is 1.73 bits per heavy atom. The van der Waals surface area contributed by atoms with Crippen LogP contribution in [0.4, 0.5) is 0 Å². The Labute approximate surface area is 99.8 Å². The molecule has 0 aromatic rings. The summed E-state index contributed by atoms with van der Waals surface area (Å²) in [7, 11) is 0. The van der Waals surface area contributed by atoms with E-state index in [2.05, 4.69) is 5.32 Å². The molecule has 88 valence electrons. The number of amides is 1. The molecule has 3 nitrogen and oxygen atoms in total. The molecule has 0 radical (unpaired) electrons. The second-order valence-corrected chi connectivity index (χ2v) is 6.22. The largest absolute Gasteiger partial charge is 0.387 e. The molecule has 1 aliphatic heterocycles. The first-order chi connectivity index (χ1) is 7.05. The van der Waals surface area contributed by atoms with Crippen molar-refractivity contribution in [3.8, 4) is 0 Å². The van der Waals surface area contributed by atoms with Crippen LogP contribution < -0.4 is 5.32 Å². The van der Waals surface area contributed by atoms with Gasteiger partial charge in [-0.3, -0.25) is 4.79 Å². The van der Waals surface area contributed by atoms with E-state index in [-0.39, 0.29) is 11.8 Å². The van der Waals surface area contributed by atoms with Gasteiger partial charge in [-0.15, -0.1) is 0 Å². The van der Waals surface area contributed by atoms with Crippen molar-refractivity contribution in [2.45, 2.75) is 18.9 Å². The maximum Gasteiger partial charge on any atom is 0.224 e. The topological polar surface area (TPSA) is 49.3 Å². The molecule has 2 N–H and O–H groups in total. The van der Waals surface area contributed by atoms with Gasteiger partial charge in [0.25, 0.3) is 0 Å². The van der Waals surface area contributed by atoms with Crippen LogP contribution in [-0.4, -0.2) is 46.7 Å². The SMILES string of the molecule is CSCC(C)(O)CNC(=O)C1CCSC1. The first-order valence-electron chi connectivity index (χ1n) is 5.12. The van der Waals surface area contributed by atoms with Gasteiger partial charge in [-0.25, -0.2) is 0 Å². The zero-order valence-corrected chi connectivity index (χ0v) is 10.9. The first-order valence-corrected chi connectivity index (χ1v) is 7.67. The van der Waals surface area contributed by atoms with Crippen LogP contribution in [0, 0.1) is 5.92 Å². The minimum absolute atomic E-state index is 0.0985. The van der Waals surface area contributed by atoms with Crippen molar-refractivity contribution in [1.82, 2.24) is 5.32 Å². The summed E-state index contributed by atoms with van der Waals surface area (Å²) in [6, 6.07) is 0. The van der Waals surface area contributed by atoms with Gasteiger partial charge in [0.05, 0.1) is 5.60 Å².